The van der Waals surface area contributed by atoms with Gasteiger partial charge in [-0.05, 0) is 47.3 Å². The van der Waals surface area contributed by atoms with Crippen LogP contribution in [0.1, 0.15) is 0 Å². The minimum atomic E-state index is -0.320. The summed E-state index contributed by atoms with van der Waals surface area (Å²) in [5, 5.41) is 6.94. The van der Waals surface area contributed by atoms with Crippen molar-refractivity contribution >= 4 is 65.5 Å². The van der Waals surface area contributed by atoms with Crippen molar-refractivity contribution in [2.45, 2.75) is 0 Å². The fourth-order valence-corrected chi connectivity index (χ4v) is 6.38. The van der Waals surface area contributed by atoms with Gasteiger partial charge in [0.1, 0.15) is 16.7 Å². The lowest BCUT2D eigenvalue weighted by atomic mass is 10.0. The van der Waals surface area contributed by atoms with Crippen LogP contribution in [-0.2, 0) is 0 Å². The van der Waals surface area contributed by atoms with Crippen LogP contribution in [-0.4, -0.2) is 4.57 Å². The van der Waals surface area contributed by atoms with Crippen LogP contribution in [0.2, 0.25) is 0 Å². The topological polar surface area (TPSA) is 48.3 Å². The third-order valence-corrected chi connectivity index (χ3v) is 8.25. The van der Waals surface area contributed by atoms with Gasteiger partial charge < -0.3 is 13.4 Å². The van der Waals surface area contributed by atoms with E-state index in [1.165, 1.54) is 0 Å². The zero-order valence-electron chi connectivity index (χ0n) is 21.8. The Morgan fingerprint density at radius 2 is 1.17 bits per heavy atom. The van der Waals surface area contributed by atoms with Crippen molar-refractivity contribution in [1.29, 1.82) is 0 Å². The second-order valence-corrected chi connectivity index (χ2v) is 10.5. The molecule has 0 amide bonds. The number of hydrogen-bond acceptors (Lipinski definition) is 3. The second kappa shape index (κ2) is 8.20. The molecule has 9 rings (SSSR count). The van der Waals surface area contributed by atoms with Gasteiger partial charge in [0.15, 0.2) is 0 Å². The molecule has 3 aromatic heterocycles. The van der Waals surface area contributed by atoms with E-state index in [-0.39, 0.29) is 5.63 Å². The van der Waals surface area contributed by atoms with Gasteiger partial charge in [0.25, 0.3) is 0 Å². The Labute approximate surface area is 233 Å². The van der Waals surface area contributed by atoms with Crippen LogP contribution in [0.5, 0.6) is 0 Å². The molecule has 0 N–H and O–H groups in total. The molecular weight excluding hydrogens is 506 g/mol. The normalized spacial score (nSPS) is 12.0. The number of hydrogen-bond donors (Lipinski definition) is 0. The molecule has 0 aliphatic heterocycles. The van der Waals surface area contributed by atoms with Gasteiger partial charge in [0.05, 0.1) is 16.4 Å². The SMILES string of the molecule is O=c1oc2cc3c(cc2c2ccccc12)c1ccccc1n3-c1ccc(-c2cccc3c2oc2ccccc23)cc1. The molecule has 192 valence electrons. The monoisotopic (exact) mass is 527 g/mol. The third kappa shape index (κ3) is 3.13. The Kier molecular flexibility index (Phi) is 4.44. The minimum absolute atomic E-state index is 0.320. The number of nitrogens with zero attached hydrogens (tertiary/aromatic N) is 1. The number of para-hydroxylation sites is 3. The Morgan fingerprint density at radius 1 is 0.463 bits per heavy atom. The van der Waals surface area contributed by atoms with Gasteiger partial charge in [-0.1, -0.05) is 84.9 Å². The van der Waals surface area contributed by atoms with E-state index in [2.05, 4.69) is 83.4 Å². The van der Waals surface area contributed by atoms with Crippen LogP contribution in [0.3, 0.4) is 0 Å². The molecule has 0 saturated carbocycles. The molecule has 0 aliphatic carbocycles. The number of fused-ring (bicyclic) bond motifs is 9. The van der Waals surface area contributed by atoms with Crippen molar-refractivity contribution in [2.75, 3.05) is 0 Å². The summed E-state index contributed by atoms with van der Waals surface area (Å²) in [5.74, 6) is 0. The van der Waals surface area contributed by atoms with E-state index < -0.39 is 0 Å². The summed E-state index contributed by atoms with van der Waals surface area (Å²) in [7, 11) is 0. The van der Waals surface area contributed by atoms with Crippen LogP contribution in [0.4, 0.5) is 0 Å². The smallest absolute Gasteiger partial charge is 0.344 e. The summed E-state index contributed by atoms with van der Waals surface area (Å²) in [6, 6.07) is 43.3. The highest BCUT2D eigenvalue weighted by Crippen LogP contribution is 2.38. The highest BCUT2D eigenvalue weighted by atomic mass is 16.4. The standard InChI is InChI=1S/C37H21NO3/c39-37-29-11-2-1-8-25(29)31-20-30-26-9-3-5-14-32(26)38(33(30)21-35(31)41-37)23-18-16-22(17-19-23)24-12-7-13-28-27-10-4-6-15-34(27)40-36(24)28/h1-21H. The van der Waals surface area contributed by atoms with Gasteiger partial charge in [-0.2, -0.15) is 0 Å². The van der Waals surface area contributed by atoms with E-state index in [4.69, 9.17) is 8.83 Å². The number of furan rings is 1. The molecule has 4 heteroatoms. The molecule has 0 spiro atoms. The first-order chi connectivity index (χ1) is 20.2. The average Bonchev–Trinajstić information content (AvgIpc) is 3.56. The number of aromatic nitrogens is 1. The van der Waals surface area contributed by atoms with Crippen LogP contribution < -0.4 is 5.63 Å². The number of rotatable bonds is 2. The Hall–Kier alpha value is -5.61. The van der Waals surface area contributed by atoms with E-state index in [1.807, 2.05) is 48.5 Å². The predicted molar refractivity (Wildman–Crippen MR) is 167 cm³/mol. The van der Waals surface area contributed by atoms with Gasteiger partial charge in [0, 0.05) is 44.2 Å². The second-order valence-electron chi connectivity index (χ2n) is 10.5. The molecule has 9 aromatic rings. The largest absolute Gasteiger partial charge is 0.455 e. The third-order valence-electron chi connectivity index (χ3n) is 8.25. The molecule has 0 atom stereocenters. The summed E-state index contributed by atoms with van der Waals surface area (Å²) in [6.07, 6.45) is 0. The van der Waals surface area contributed by atoms with Gasteiger partial charge in [-0.3, -0.25) is 0 Å². The molecule has 0 saturated heterocycles. The molecule has 3 heterocycles. The minimum Gasteiger partial charge on any atom is -0.455 e. The van der Waals surface area contributed by atoms with Crippen molar-refractivity contribution < 1.29 is 8.83 Å². The van der Waals surface area contributed by atoms with Crippen molar-refractivity contribution in [3.63, 3.8) is 0 Å². The summed E-state index contributed by atoms with van der Waals surface area (Å²) in [5.41, 5.74) is 7.31. The van der Waals surface area contributed by atoms with Gasteiger partial charge in [-0.15, -0.1) is 0 Å². The molecule has 4 nitrogen and oxygen atoms in total. The summed E-state index contributed by atoms with van der Waals surface area (Å²) in [4.78, 5) is 12.8. The van der Waals surface area contributed by atoms with Crippen LogP contribution >= 0.6 is 0 Å². The maximum atomic E-state index is 12.8. The highest BCUT2D eigenvalue weighted by molar-refractivity contribution is 6.17. The van der Waals surface area contributed by atoms with E-state index >= 15 is 0 Å². The van der Waals surface area contributed by atoms with Crippen molar-refractivity contribution in [3.8, 4) is 16.8 Å². The summed E-state index contributed by atoms with van der Waals surface area (Å²) >= 11 is 0. The fourth-order valence-electron chi connectivity index (χ4n) is 6.38. The maximum absolute atomic E-state index is 12.8. The first kappa shape index (κ1) is 22.2. The lowest BCUT2D eigenvalue weighted by molar-refractivity contribution is 0.570. The van der Waals surface area contributed by atoms with Gasteiger partial charge >= 0.3 is 5.63 Å². The predicted octanol–water partition coefficient (Wildman–Crippen LogP) is 9.61. The molecule has 6 aromatic carbocycles. The van der Waals surface area contributed by atoms with E-state index in [0.29, 0.717) is 11.0 Å². The van der Waals surface area contributed by atoms with E-state index in [0.717, 1.165) is 71.3 Å². The van der Waals surface area contributed by atoms with E-state index in [9.17, 15) is 4.79 Å². The quantitative estimate of drug-likeness (QED) is 0.166. The molecule has 41 heavy (non-hydrogen) atoms. The van der Waals surface area contributed by atoms with Crippen molar-refractivity contribution in [2.24, 2.45) is 0 Å². The molecule has 0 bridgehead atoms. The molecule has 0 unspecified atom stereocenters. The fraction of sp³-hybridized carbons (Fsp3) is 0. The molecule has 0 fully saturated rings. The van der Waals surface area contributed by atoms with Crippen molar-refractivity contribution in [3.05, 3.63) is 138 Å². The highest BCUT2D eigenvalue weighted by Gasteiger charge is 2.17. The average molecular weight is 528 g/mol. The zero-order valence-corrected chi connectivity index (χ0v) is 21.8. The van der Waals surface area contributed by atoms with Crippen molar-refractivity contribution in [1.82, 2.24) is 4.57 Å². The van der Waals surface area contributed by atoms with Crippen LogP contribution in [0, 0.1) is 0 Å². The van der Waals surface area contributed by atoms with E-state index in [1.54, 1.807) is 0 Å². The zero-order chi connectivity index (χ0) is 27.1. The molecular formula is C37H21NO3. The number of benzene rings is 6. The molecule has 0 aliphatic rings. The molecule has 0 radical (unpaired) electrons. The summed E-state index contributed by atoms with van der Waals surface area (Å²) in [6.45, 7) is 0. The first-order valence-corrected chi connectivity index (χ1v) is 13.6. The Bertz CT molecular complexity index is 2550. The Balaban J connectivity index is 1.27. The lowest BCUT2D eigenvalue weighted by Gasteiger charge is -2.10. The maximum Gasteiger partial charge on any atom is 0.344 e. The van der Waals surface area contributed by atoms with Gasteiger partial charge in [0.2, 0.25) is 0 Å². The van der Waals surface area contributed by atoms with Crippen LogP contribution in [0.25, 0.3) is 82.3 Å². The summed E-state index contributed by atoms with van der Waals surface area (Å²) < 4.78 is 14.4. The van der Waals surface area contributed by atoms with Crippen LogP contribution in [0.15, 0.2) is 141 Å². The van der Waals surface area contributed by atoms with Gasteiger partial charge in [-0.25, -0.2) is 4.79 Å². The lowest BCUT2D eigenvalue weighted by Crippen LogP contribution is -1.99. The first-order valence-electron chi connectivity index (χ1n) is 13.6. The Morgan fingerprint density at radius 3 is 2.02 bits per heavy atom.